The van der Waals surface area contributed by atoms with E-state index in [0.717, 1.165) is 12.8 Å². The fourth-order valence-corrected chi connectivity index (χ4v) is 5.84. The van der Waals surface area contributed by atoms with Crippen molar-refractivity contribution in [2.45, 2.75) is 81.6 Å². The smallest absolute Gasteiger partial charge is 0.368 e. The summed E-state index contributed by atoms with van der Waals surface area (Å²) in [5, 5.41) is 19.9. The fraction of sp³-hybridized carbons (Fsp3) is 0.667. The van der Waals surface area contributed by atoms with Crippen LogP contribution in [0, 0.1) is 17.2 Å². The van der Waals surface area contributed by atoms with Gasteiger partial charge < -0.3 is 16.0 Å². The van der Waals surface area contributed by atoms with Gasteiger partial charge >= 0.3 is 6.18 Å². The molecule has 4 rings (SSSR count). The van der Waals surface area contributed by atoms with Crippen LogP contribution in [0.3, 0.4) is 0 Å². The van der Waals surface area contributed by atoms with Gasteiger partial charge in [-0.1, -0.05) is 31.9 Å². The highest BCUT2D eigenvalue weighted by molar-refractivity contribution is 5.82. The predicted molar refractivity (Wildman–Crippen MR) is 123 cm³/mol. The second kappa shape index (κ2) is 10.3. The van der Waals surface area contributed by atoms with Crippen LogP contribution in [-0.2, 0) is 4.79 Å². The third-order valence-corrected chi connectivity index (χ3v) is 7.49. The number of carbonyl (C=O) groups excluding carboxylic acids is 1. The predicted octanol–water partition coefficient (Wildman–Crippen LogP) is 3.53. The van der Waals surface area contributed by atoms with Gasteiger partial charge in [0, 0.05) is 18.3 Å². The molecule has 4 unspecified atom stereocenters. The molecule has 6 atom stereocenters. The lowest BCUT2D eigenvalue weighted by Crippen LogP contribution is -2.63. The Hall–Kier alpha value is -2.42. The van der Waals surface area contributed by atoms with Gasteiger partial charge in [0.25, 0.3) is 0 Å². The third kappa shape index (κ3) is 4.97. The number of anilines is 1. The van der Waals surface area contributed by atoms with Gasteiger partial charge in [-0.25, -0.2) is 14.8 Å². The zero-order chi connectivity index (χ0) is 25.2. The third-order valence-electron chi connectivity index (χ3n) is 7.49. The minimum atomic E-state index is -4.43. The summed E-state index contributed by atoms with van der Waals surface area (Å²) >= 11 is 0. The van der Waals surface area contributed by atoms with Crippen LogP contribution >= 0.6 is 0 Å². The number of nitrogens with one attached hydrogen (secondary N) is 4. The highest BCUT2D eigenvalue weighted by atomic mass is 19.4. The molecule has 4 N–H and O–H groups in total. The van der Waals surface area contributed by atoms with Gasteiger partial charge in [0.1, 0.15) is 18.4 Å². The largest absolute Gasteiger partial charge is 0.407 e. The quantitative estimate of drug-likeness (QED) is 0.432. The zero-order valence-electron chi connectivity index (χ0n) is 19.7. The van der Waals surface area contributed by atoms with Crippen molar-refractivity contribution < 1.29 is 22.4 Å². The lowest BCUT2D eigenvalue weighted by molar-refractivity contribution is -0.157. The minimum absolute atomic E-state index is 0.0106. The highest BCUT2D eigenvalue weighted by Gasteiger charge is 2.57. The van der Waals surface area contributed by atoms with E-state index in [-0.39, 0.29) is 30.5 Å². The molecular formula is C24H32F4N6O. The highest BCUT2D eigenvalue weighted by Crippen LogP contribution is 2.44. The summed E-state index contributed by atoms with van der Waals surface area (Å²) in [6.07, 6.45) is -3.15. The van der Waals surface area contributed by atoms with Crippen molar-refractivity contribution in [2.75, 3.05) is 18.4 Å². The van der Waals surface area contributed by atoms with Crippen LogP contribution in [0.1, 0.15) is 57.1 Å². The maximum Gasteiger partial charge on any atom is 0.407 e. The number of hydrogen-bond donors (Lipinski definition) is 4. The molecule has 1 aromatic carbocycles. The fourth-order valence-electron chi connectivity index (χ4n) is 5.84. The molecule has 2 heterocycles. The van der Waals surface area contributed by atoms with Crippen LogP contribution in [0.15, 0.2) is 24.3 Å². The monoisotopic (exact) mass is 496 g/mol. The SMILES string of the molecule is CCNC(c1ccc(NC2NN([C@@]3(CC#N)CCCC[C@H]3F)C3CCNC(=O)C23)cc1)C(F)(F)F. The van der Waals surface area contributed by atoms with E-state index in [1.807, 2.05) is 5.01 Å². The van der Waals surface area contributed by atoms with Crippen LogP contribution in [0.4, 0.5) is 23.2 Å². The molecule has 35 heavy (non-hydrogen) atoms. The van der Waals surface area contributed by atoms with Gasteiger partial charge in [0.05, 0.1) is 23.9 Å². The van der Waals surface area contributed by atoms with E-state index in [4.69, 9.17) is 0 Å². The summed E-state index contributed by atoms with van der Waals surface area (Å²) < 4.78 is 55.6. The molecule has 3 aliphatic rings. The summed E-state index contributed by atoms with van der Waals surface area (Å²) in [7, 11) is 0. The summed E-state index contributed by atoms with van der Waals surface area (Å²) in [5.74, 6) is -0.717. The van der Waals surface area contributed by atoms with Crippen molar-refractivity contribution in [3.63, 3.8) is 0 Å². The first-order valence-corrected chi connectivity index (χ1v) is 12.2. The number of fused-ring (bicyclic) bond motifs is 1. The molecule has 7 nitrogen and oxygen atoms in total. The van der Waals surface area contributed by atoms with E-state index in [9.17, 15) is 23.2 Å². The number of hydrogen-bond acceptors (Lipinski definition) is 6. The first kappa shape index (κ1) is 25.7. The lowest BCUT2D eigenvalue weighted by atomic mass is 9.76. The Bertz CT molecular complexity index is 935. The zero-order valence-corrected chi connectivity index (χ0v) is 19.7. The molecule has 1 saturated carbocycles. The number of benzene rings is 1. The molecule has 11 heteroatoms. The minimum Gasteiger partial charge on any atom is -0.368 e. The maximum absolute atomic E-state index is 15.4. The van der Waals surface area contributed by atoms with Crippen LogP contribution in [0.5, 0.6) is 0 Å². The first-order valence-electron chi connectivity index (χ1n) is 12.2. The molecule has 1 amide bonds. The van der Waals surface area contributed by atoms with Crippen molar-refractivity contribution >= 4 is 11.6 Å². The second-order valence-electron chi connectivity index (χ2n) is 9.60. The summed E-state index contributed by atoms with van der Waals surface area (Å²) in [6.45, 7) is 2.25. The van der Waals surface area contributed by atoms with Crippen LogP contribution < -0.4 is 21.4 Å². The average Bonchev–Trinajstić information content (AvgIpc) is 3.19. The van der Waals surface area contributed by atoms with Crippen LogP contribution in [0.2, 0.25) is 0 Å². The number of piperidine rings is 1. The van der Waals surface area contributed by atoms with Crippen molar-refractivity contribution in [1.82, 2.24) is 21.1 Å². The van der Waals surface area contributed by atoms with Gasteiger partial charge in [-0.3, -0.25) is 4.79 Å². The molecule has 192 valence electrons. The Labute approximate surface area is 202 Å². The van der Waals surface area contributed by atoms with Crippen LogP contribution in [0.25, 0.3) is 0 Å². The van der Waals surface area contributed by atoms with Gasteiger partial charge in [-0.2, -0.15) is 18.4 Å². The second-order valence-corrected chi connectivity index (χ2v) is 9.60. The molecule has 0 radical (unpaired) electrons. The molecule has 3 fully saturated rings. The first-order chi connectivity index (χ1) is 16.7. The maximum atomic E-state index is 15.4. The van der Waals surface area contributed by atoms with E-state index in [0.29, 0.717) is 31.5 Å². The van der Waals surface area contributed by atoms with E-state index in [1.54, 1.807) is 19.1 Å². The Kier molecular flexibility index (Phi) is 7.54. The van der Waals surface area contributed by atoms with Crippen molar-refractivity contribution in [2.24, 2.45) is 5.92 Å². The van der Waals surface area contributed by atoms with Gasteiger partial charge in [-0.05, 0) is 43.5 Å². The van der Waals surface area contributed by atoms with Crippen molar-refractivity contribution in [3.8, 4) is 6.07 Å². The Morgan fingerprint density at radius 3 is 2.63 bits per heavy atom. The number of amides is 1. The van der Waals surface area contributed by atoms with Gasteiger partial charge in [-0.15, -0.1) is 0 Å². The molecule has 2 saturated heterocycles. The number of rotatable bonds is 7. The van der Waals surface area contributed by atoms with Crippen molar-refractivity contribution in [3.05, 3.63) is 29.8 Å². The number of hydrazine groups is 1. The molecule has 1 aliphatic carbocycles. The number of halogens is 4. The van der Waals surface area contributed by atoms with Crippen LogP contribution in [-0.4, -0.2) is 54.1 Å². The summed E-state index contributed by atoms with van der Waals surface area (Å²) in [6, 6.07) is 6.00. The summed E-state index contributed by atoms with van der Waals surface area (Å²) in [4.78, 5) is 12.9. The summed E-state index contributed by atoms with van der Waals surface area (Å²) in [5.41, 5.74) is 2.91. The molecular weight excluding hydrogens is 464 g/mol. The van der Waals surface area contributed by atoms with Gasteiger partial charge in [0.2, 0.25) is 5.91 Å². The molecule has 2 aliphatic heterocycles. The van der Waals surface area contributed by atoms with Crippen molar-refractivity contribution in [1.29, 1.82) is 5.26 Å². The van der Waals surface area contributed by atoms with Gasteiger partial charge in [0.15, 0.2) is 0 Å². The Morgan fingerprint density at radius 1 is 1.26 bits per heavy atom. The Morgan fingerprint density at radius 2 is 2.00 bits per heavy atom. The topological polar surface area (TPSA) is 92.2 Å². The normalized spacial score (nSPS) is 32.4. The van der Waals surface area contributed by atoms with E-state index < -0.39 is 36.0 Å². The Balaban J connectivity index is 1.58. The van der Waals surface area contributed by atoms with E-state index in [1.165, 1.54) is 12.1 Å². The molecule has 1 aromatic rings. The standard InChI is InChI=1S/C24H32F4N6O/c1-2-30-20(24(26,27)28)15-6-8-16(9-7-15)32-21-19-17(10-14-31-22(19)35)34(33-21)23(12-13-29)11-4-3-5-18(23)25/h6-9,17-21,30,32-33H,2-5,10-12,14H2,1H3,(H,31,35)/t17?,18-,19?,20?,21?,23-/m1/s1. The molecule has 0 spiro atoms. The number of alkyl halides is 4. The van der Waals surface area contributed by atoms with E-state index >= 15 is 4.39 Å². The molecule has 0 aromatic heterocycles. The van der Waals surface area contributed by atoms with E-state index in [2.05, 4.69) is 27.4 Å². The number of nitriles is 1. The molecule has 0 bridgehead atoms. The number of nitrogens with zero attached hydrogens (tertiary/aromatic N) is 2. The number of carbonyl (C=O) groups is 1. The average molecular weight is 497 g/mol. The lowest BCUT2D eigenvalue weighted by Gasteiger charge is -2.48.